The molecule has 0 aliphatic heterocycles. The molecule has 0 fully saturated rings. The van der Waals surface area contributed by atoms with Gasteiger partial charge in [0, 0.05) is 37.7 Å². The second kappa shape index (κ2) is 9.47. The predicted octanol–water partition coefficient (Wildman–Crippen LogP) is 3.55. The van der Waals surface area contributed by atoms with Crippen LogP contribution in [0, 0.1) is 0 Å². The first kappa shape index (κ1) is 20.1. The van der Waals surface area contributed by atoms with Gasteiger partial charge in [0.2, 0.25) is 0 Å². The van der Waals surface area contributed by atoms with Gasteiger partial charge in [0.15, 0.2) is 0 Å². The summed E-state index contributed by atoms with van der Waals surface area (Å²) in [5, 5.41) is 8.37. The Labute approximate surface area is 159 Å². The number of carbonyl (C=O) groups excluding carboxylic acids is 2. The highest BCUT2D eigenvalue weighted by atomic mass is 16.5. The van der Waals surface area contributed by atoms with E-state index in [9.17, 15) is 9.59 Å². The summed E-state index contributed by atoms with van der Waals surface area (Å²) in [5.74, 6) is 0.544. The molecule has 7 nitrogen and oxygen atoms in total. The molecular formula is C20H26N4O3. The molecule has 0 aliphatic carbocycles. The van der Waals surface area contributed by atoms with Crippen LogP contribution in [-0.4, -0.2) is 39.7 Å². The Hall–Kier alpha value is -3.22. The summed E-state index contributed by atoms with van der Waals surface area (Å²) in [6.07, 6.45) is 0.852. The van der Waals surface area contributed by atoms with Crippen LogP contribution in [0.25, 0.3) is 0 Å². The second-order valence-electron chi connectivity index (χ2n) is 6.19. The van der Waals surface area contributed by atoms with E-state index in [2.05, 4.69) is 16.0 Å². The van der Waals surface area contributed by atoms with E-state index in [1.807, 2.05) is 32.0 Å². The van der Waals surface area contributed by atoms with E-state index in [0.717, 1.165) is 12.1 Å². The minimum absolute atomic E-state index is 0.167. The summed E-state index contributed by atoms with van der Waals surface area (Å²) in [7, 11) is 5.33. The fraction of sp³-hybridized carbons (Fsp3) is 0.300. The summed E-state index contributed by atoms with van der Waals surface area (Å²) < 4.78 is 5.09. The molecule has 0 saturated carbocycles. The van der Waals surface area contributed by atoms with Crippen molar-refractivity contribution in [3.63, 3.8) is 0 Å². The maximum absolute atomic E-state index is 12.4. The van der Waals surface area contributed by atoms with Gasteiger partial charge in [-0.15, -0.1) is 0 Å². The first-order valence-electron chi connectivity index (χ1n) is 8.76. The van der Waals surface area contributed by atoms with Gasteiger partial charge in [0.1, 0.15) is 5.75 Å². The van der Waals surface area contributed by atoms with Crippen molar-refractivity contribution in [1.29, 1.82) is 0 Å². The molecule has 2 aromatic rings. The molecule has 0 radical (unpaired) electrons. The number of anilines is 3. The number of nitrogens with one attached hydrogen (secondary N) is 3. The normalized spacial score (nSPS) is 10.1. The van der Waals surface area contributed by atoms with Crippen molar-refractivity contribution in [1.82, 2.24) is 5.32 Å². The van der Waals surface area contributed by atoms with E-state index < -0.39 is 6.03 Å². The van der Waals surface area contributed by atoms with Crippen molar-refractivity contribution in [2.45, 2.75) is 13.3 Å². The van der Waals surface area contributed by atoms with Crippen molar-refractivity contribution < 1.29 is 14.3 Å². The monoisotopic (exact) mass is 370 g/mol. The Balaban J connectivity index is 2.12. The highest BCUT2D eigenvalue weighted by molar-refractivity contribution is 6.03. The zero-order valence-electron chi connectivity index (χ0n) is 16.1. The number of nitrogens with zero attached hydrogens (tertiary/aromatic N) is 1. The fourth-order valence-corrected chi connectivity index (χ4v) is 2.49. The molecule has 0 bridgehead atoms. The van der Waals surface area contributed by atoms with E-state index in [1.165, 1.54) is 0 Å². The van der Waals surface area contributed by atoms with E-state index >= 15 is 0 Å². The number of urea groups is 1. The highest BCUT2D eigenvalue weighted by Gasteiger charge is 2.14. The zero-order valence-corrected chi connectivity index (χ0v) is 16.1. The van der Waals surface area contributed by atoms with Gasteiger partial charge >= 0.3 is 6.03 Å². The first-order chi connectivity index (χ1) is 12.9. The van der Waals surface area contributed by atoms with Gasteiger partial charge in [0.25, 0.3) is 5.91 Å². The number of rotatable bonds is 7. The van der Waals surface area contributed by atoms with Crippen LogP contribution in [0.3, 0.4) is 0 Å². The number of amides is 3. The van der Waals surface area contributed by atoms with Crippen LogP contribution in [-0.2, 0) is 0 Å². The van der Waals surface area contributed by atoms with Crippen LogP contribution in [0.2, 0.25) is 0 Å². The maximum Gasteiger partial charge on any atom is 0.323 e. The van der Waals surface area contributed by atoms with Crippen LogP contribution < -0.4 is 25.6 Å². The molecule has 2 rings (SSSR count). The van der Waals surface area contributed by atoms with Crippen molar-refractivity contribution >= 4 is 29.0 Å². The molecule has 3 N–H and O–H groups in total. The molecule has 0 aromatic heterocycles. The molecule has 0 unspecified atom stereocenters. The summed E-state index contributed by atoms with van der Waals surface area (Å²) in [6.45, 7) is 2.59. The van der Waals surface area contributed by atoms with Gasteiger partial charge in [-0.1, -0.05) is 6.92 Å². The highest BCUT2D eigenvalue weighted by Crippen LogP contribution is 2.23. The third-order valence-electron chi connectivity index (χ3n) is 3.86. The molecule has 2 aromatic carbocycles. The largest absolute Gasteiger partial charge is 0.497 e. The lowest BCUT2D eigenvalue weighted by Gasteiger charge is -2.18. The number of benzene rings is 2. The molecule has 7 heteroatoms. The molecule has 27 heavy (non-hydrogen) atoms. The van der Waals surface area contributed by atoms with Gasteiger partial charge < -0.3 is 25.6 Å². The molecule has 3 amide bonds. The number of methoxy groups -OCH3 is 1. The Morgan fingerprint density at radius 2 is 1.63 bits per heavy atom. The molecule has 144 valence electrons. The average molecular weight is 370 g/mol. The standard InChI is InChI=1S/C20H26N4O3/c1-5-12-21-19(25)17-13-15(8-11-18(17)24(2)3)23-20(26)22-14-6-9-16(27-4)10-7-14/h6-11,13H,5,12H2,1-4H3,(H,21,25)(H2,22,23,26). The molecule has 0 spiro atoms. The smallest absolute Gasteiger partial charge is 0.323 e. The van der Waals surface area contributed by atoms with Gasteiger partial charge in [-0.2, -0.15) is 0 Å². The lowest BCUT2D eigenvalue weighted by atomic mass is 10.1. The van der Waals surface area contributed by atoms with E-state index in [-0.39, 0.29) is 5.91 Å². The third-order valence-corrected chi connectivity index (χ3v) is 3.86. The van der Waals surface area contributed by atoms with Crippen LogP contribution in [0.5, 0.6) is 5.75 Å². The summed E-state index contributed by atoms with van der Waals surface area (Å²) in [6, 6.07) is 11.9. The van der Waals surface area contributed by atoms with E-state index in [4.69, 9.17) is 4.74 Å². The predicted molar refractivity (Wildman–Crippen MR) is 109 cm³/mol. The number of ether oxygens (including phenoxy) is 1. The maximum atomic E-state index is 12.4. The Kier molecular flexibility index (Phi) is 7.05. The van der Waals surface area contributed by atoms with Crippen LogP contribution in [0.15, 0.2) is 42.5 Å². The summed E-state index contributed by atoms with van der Waals surface area (Å²) in [4.78, 5) is 26.5. The van der Waals surface area contributed by atoms with E-state index in [1.54, 1.807) is 43.5 Å². The number of hydrogen-bond donors (Lipinski definition) is 3. The topological polar surface area (TPSA) is 82.7 Å². The lowest BCUT2D eigenvalue weighted by Crippen LogP contribution is -2.27. The van der Waals surface area contributed by atoms with Gasteiger partial charge in [-0.25, -0.2) is 4.79 Å². The average Bonchev–Trinajstić information content (AvgIpc) is 2.66. The molecule has 0 atom stereocenters. The van der Waals surface area contributed by atoms with Crippen molar-refractivity contribution in [2.24, 2.45) is 0 Å². The summed E-state index contributed by atoms with van der Waals surface area (Å²) in [5.41, 5.74) is 2.47. The Morgan fingerprint density at radius 3 is 2.22 bits per heavy atom. The Bertz CT molecular complexity index is 788. The molecule has 0 aliphatic rings. The van der Waals surface area contributed by atoms with Crippen LogP contribution in [0.4, 0.5) is 21.9 Å². The Morgan fingerprint density at radius 1 is 1.00 bits per heavy atom. The summed E-state index contributed by atoms with van der Waals surface area (Å²) >= 11 is 0. The van der Waals surface area contributed by atoms with E-state index in [0.29, 0.717) is 29.2 Å². The SMILES string of the molecule is CCCNC(=O)c1cc(NC(=O)Nc2ccc(OC)cc2)ccc1N(C)C. The molecule has 0 heterocycles. The fourth-order valence-electron chi connectivity index (χ4n) is 2.49. The van der Waals surface area contributed by atoms with Crippen molar-refractivity contribution in [3.05, 3.63) is 48.0 Å². The van der Waals surface area contributed by atoms with Crippen LogP contribution >= 0.6 is 0 Å². The molecular weight excluding hydrogens is 344 g/mol. The number of hydrogen-bond acceptors (Lipinski definition) is 4. The quantitative estimate of drug-likeness (QED) is 0.696. The second-order valence-corrected chi connectivity index (χ2v) is 6.19. The first-order valence-corrected chi connectivity index (χ1v) is 8.76. The molecule has 0 saturated heterocycles. The van der Waals surface area contributed by atoms with Crippen molar-refractivity contribution in [3.8, 4) is 5.75 Å². The van der Waals surface area contributed by atoms with Gasteiger partial charge in [-0.3, -0.25) is 4.79 Å². The minimum Gasteiger partial charge on any atom is -0.497 e. The van der Waals surface area contributed by atoms with Crippen molar-refractivity contribution in [2.75, 3.05) is 43.3 Å². The minimum atomic E-state index is -0.391. The van der Waals surface area contributed by atoms with Crippen LogP contribution in [0.1, 0.15) is 23.7 Å². The lowest BCUT2D eigenvalue weighted by molar-refractivity contribution is 0.0954. The van der Waals surface area contributed by atoms with Gasteiger partial charge in [-0.05, 0) is 48.9 Å². The zero-order chi connectivity index (χ0) is 19.8. The third kappa shape index (κ3) is 5.64. The van der Waals surface area contributed by atoms with Gasteiger partial charge in [0.05, 0.1) is 12.7 Å². The number of carbonyl (C=O) groups is 2.